The predicted octanol–water partition coefficient (Wildman–Crippen LogP) is 2.40. The van der Waals surface area contributed by atoms with E-state index in [4.69, 9.17) is 0 Å². The van der Waals surface area contributed by atoms with E-state index < -0.39 is 0 Å². The van der Waals surface area contributed by atoms with Crippen LogP contribution in [0.25, 0.3) is 0 Å². The zero-order chi connectivity index (χ0) is 14.5. The van der Waals surface area contributed by atoms with Crippen LogP contribution in [0.4, 0.5) is 0 Å². The lowest BCUT2D eigenvalue weighted by atomic mass is 9.98. The van der Waals surface area contributed by atoms with Gasteiger partial charge in [0.05, 0.1) is 0 Å². The molecule has 0 fully saturated rings. The van der Waals surface area contributed by atoms with Gasteiger partial charge in [0, 0.05) is 36.7 Å². The van der Waals surface area contributed by atoms with Crippen LogP contribution in [0.3, 0.4) is 0 Å². The monoisotopic (exact) mass is 270 g/mol. The second-order valence-electron chi connectivity index (χ2n) is 5.22. The summed E-state index contributed by atoms with van der Waals surface area (Å²) in [6.07, 6.45) is 4.36. The molecule has 4 heteroatoms. The second kappa shape index (κ2) is 6.57. The molecule has 0 spiro atoms. The average Bonchev–Trinajstić information content (AvgIpc) is 2.39. The van der Waals surface area contributed by atoms with Gasteiger partial charge < -0.3 is 5.32 Å². The Hall–Kier alpha value is -1.81. The maximum atomic E-state index is 4.67. The number of aromatic nitrogens is 3. The molecule has 0 aromatic carbocycles. The van der Waals surface area contributed by atoms with E-state index in [-0.39, 0.29) is 0 Å². The van der Waals surface area contributed by atoms with Crippen molar-refractivity contribution in [2.75, 3.05) is 13.6 Å². The van der Waals surface area contributed by atoms with Crippen molar-refractivity contribution in [1.82, 2.24) is 20.3 Å². The van der Waals surface area contributed by atoms with Gasteiger partial charge in [0.1, 0.15) is 5.82 Å². The van der Waals surface area contributed by atoms with Crippen molar-refractivity contribution in [2.24, 2.45) is 0 Å². The smallest absolute Gasteiger partial charge is 0.133 e. The molecule has 0 radical (unpaired) electrons. The van der Waals surface area contributed by atoms with Crippen LogP contribution < -0.4 is 5.32 Å². The summed E-state index contributed by atoms with van der Waals surface area (Å²) in [6, 6.07) is 4.01. The molecule has 0 bridgehead atoms. The fourth-order valence-corrected chi connectivity index (χ4v) is 2.68. The highest BCUT2D eigenvalue weighted by molar-refractivity contribution is 5.29. The molecular formula is C16H22N4. The predicted molar refractivity (Wildman–Crippen MR) is 80.9 cm³/mol. The van der Waals surface area contributed by atoms with Crippen molar-refractivity contribution in [2.45, 2.75) is 33.1 Å². The fourth-order valence-electron chi connectivity index (χ4n) is 2.68. The Labute approximate surface area is 120 Å². The van der Waals surface area contributed by atoms with Gasteiger partial charge in [-0.25, -0.2) is 9.97 Å². The van der Waals surface area contributed by atoms with E-state index in [0.29, 0.717) is 5.92 Å². The average molecular weight is 270 g/mol. The van der Waals surface area contributed by atoms with Gasteiger partial charge in [-0.15, -0.1) is 0 Å². The first-order chi connectivity index (χ1) is 9.61. The molecule has 4 nitrogen and oxygen atoms in total. The highest BCUT2D eigenvalue weighted by Crippen LogP contribution is 2.21. The summed E-state index contributed by atoms with van der Waals surface area (Å²) in [5.41, 5.74) is 4.63. The van der Waals surface area contributed by atoms with Gasteiger partial charge in [-0.1, -0.05) is 6.92 Å². The van der Waals surface area contributed by atoms with Crippen LogP contribution in [0.2, 0.25) is 0 Å². The van der Waals surface area contributed by atoms with Crippen molar-refractivity contribution >= 4 is 0 Å². The molecule has 0 saturated carbocycles. The minimum absolute atomic E-state index is 0.426. The Morgan fingerprint density at radius 3 is 2.25 bits per heavy atom. The molecule has 0 aliphatic heterocycles. The molecular weight excluding hydrogens is 248 g/mol. The maximum Gasteiger partial charge on any atom is 0.133 e. The van der Waals surface area contributed by atoms with Crippen molar-refractivity contribution in [1.29, 1.82) is 0 Å². The lowest BCUT2D eigenvalue weighted by Gasteiger charge is -2.17. The molecule has 0 saturated heterocycles. The molecule has 2 rings (SSSR count). The van der Waals surface area contributed by atoms with Gasteiger partial charge in [0.15, 0.2) is 0 Å². The number of likely N-dealkylation sites (N-methyl/N-ethyl adjacent to an activating group) is 1. The summed E-state index contributed by atoms with van der Waals surface area (Å²) >= 11 is 0. The van der Waals surface area contributed by atoms with Crippen molar-refractivity contribution in [3.8, 4) is 0 Å². The topological polar surface area (TPSA) is 50.7 Å². The van der Waals surface area contributed by atoms with E-state index >= 15 is 0 Å². The quantitative estimate of drug-likeness (QED) is 0.906. The van der Waals surface area contributed by atoms with Gasteiger partial charge in [-0.3, -0.25) is 4.98 Å². The zero-order valence-corrected chi connectivity index (χ0v) is 12.6. The van der Waals surface area contributed by atoms with E-state index in [1.54, 1.807) is 12.4 Å². The minimum atomic E-state index is 0.426. The Kier molecular flexibility index (Phi) is 4.79. The molecule has 0 amide bonds. The molecule has 1 unspecified atom stereocenters. The third-order valence-corrected chi connectivity index (χ3v) is 3.49. The van der Waals surface area contributed by atoms with E-state index in [1.807, 2.05) is 19.2 Å². The SMILES string of the molecule is CNCC(C)c1c(C)nc(Cc2ccncc2)nc1C. The first-order valence-corrected chi connectivity index (χ1v) is 6.99. The third kappa shape index (κ3) is 3.39. The van der Waals surface area contributed by atoms with Crippen LogP contribution in [0.1, 0.15) is 41.2 Å². The molecule has 0 aliphatic rings. The van der Waals surface area contributed by atoms with E-state index in [0.717, 1.165) is 30.2 Å². The van der Waals surface area contributed by atoms with E-state index in [1.165, 1.54) is 11.1 Å². The van der Waals surface area contributed by atoms with Crippen LogP contribution in [0.15, 0.2) is 24.5 Å². The summed E-state index contributed by atoms with van der Waals surface area (Å²) < 4.78 is 0. The van der Waals surface area contributed by atoms with Crippen LogP contribution in [-0.4, -0.2) is 28.5 Å². The van der Waals surface area contributed by atoms with Gasteiger partial charge >= 0.3 is 0 Å². The number of rotatable bonds is 5. The van der Waals surface area contributed by atoms with Crippen LogP contribution in [0.5, 0.6) is 0 Å². The number of aryl methyl sites for hydroxylation is 2. The Bertz CT molecular complexity index is 543. The normalized spacial score (nSPS) is 12.4. The summed E-state index contributed by atoms with van der Waals surface area (Å²) in [5.74, 6) is 1.31. The number of hydrogen-bond acceptors (Lipinski definition) is 4. The number of pyridine rings is 1. The Morgan fingerprint density at radius 2 is 1.70 bits per heavy atom. The standard InChI is InChI=1S/C16H22N4/c1-11(10-17-4)16-12(2)19-15(20-13(16)3)9-14-5-7-18-8-6-14/h5-8,11,17H,9-10H2,1-4H3. The summed E-state index contributed by atoms with van der Waals surface area (Å²) in [7, 11) is 1.97. The van der Waals surface area contributed by atoms with Crippen molar-refractivity contribution < 1.29 is 0 Å². The van der Waals surface area contributed by atoms with Crippen LogP contribution in [-0.2, 0) is 6.42 Å². The number of hydrogen-bond donors (Lipinski definition) is 1. The number of nitrogens with one attached hydrogen (secondary N) is 1. The Balaban J connectivity index is 2.26. The fraction of sp³-hybridized carbons (Fsp3) is 0.438. The Morgan fingerprint density at radius 1 is 1.10 bits per heavy atom. The molecule has 2 aromatic heterocycles. The van der Waals surface area contributed by atoms with Gasteiger partial charge in [0.2, 0.25) is 0 Å². The van der Waals surface area contributed by atoms with Crippen molar-refractivity contribution in [3.63, 3.8) is 0 Å². The molecule has 1 N–H and O–H groups in total. The molecule has 0 aliphatic carbocycles. The summed E-state index contributed by atoms with van der Waals surface area (Å²) in [5, 5.41) is 3.21. The van der Waals surface area contributed by atoms with Crippen molar-refractivity contribution in [3.05, 3.63) is 52.9 Å². The van der Waals surface area contributed by atoms with Crippen LogP contribution in [0, 0.1) is 13.8 Å². The van der Waals surface area contributed by atoms with Gasteiger partial charge in [-0.05, 0) is 50.1 Å². The highest BCUT2D eigenvalue weighted by Gasteiger charge is 2.14. The highest BCUT2D eigenvalue weighted by atomic mass is 14.9. The third-order valence-electron chi connectivity index (χ3n) is 3.49. The lowest BCUT2D eigenvalue weighted by molar-refractivity contribution is 0.659. The first-order valence-electron chi connectivity index (χ1n) is 6.99. The molecule has 106 valence electrons. The van der Waals surface area contributed by atoms with Gasteiger partial charge in [0.25, 0.3) is 0 Å². The second-order valence-corrected chi connectivity index (χ2v) is 5.22. The van der Waals surface area contributed by atoms with E-state index in [9.17, 15) is 0 Å². The van der Waals surface area contributed by atoms with Crippen LogP contribution >= 0.6 is 0 Å². The largest absolute Gasteiger partial charge is 0.319 e. The molecule has 2 heterocycles. The molecule has 20 heavy (non-hydrogen) atoms. The number of nitrogens with zero attached hydrogens (tertiary/aromatic N) is 3. The van der Waals surface area contributed by atoms with Gasteiger partial charge in [-0.2, -0.15) is 0 Å². The lowest BCUT2D eigenvalue weighted by Crippen LogP contribution is -2.18. The summed E-state index contributed by atoms with van der Waals surface area (Å²) in [6.45, 7) is 7.30. The first kappa shape index (κ1) is 14.6. The molecule has 2 aromatic rings. The van der Waals surface area contributed by atoms with E-state index in [2.05, 4.69) is 41.0 Å². The minimum Gasteiger partial charge on any atom is -0.319 e. The molecule has 1 atom stereocenters. The maximum absolute atomic E-state index is 4.67. The zero-order valence-electron chi connectivity index (χ0n) is 12.6. The summed E-state index contributed by atoms with van der Waals surface area (Å²) in [4.78, 5) is 13.4.